The van der Waals surface area contributed by atoms with Crippen molar-refractivity contribution in [3.63, 3.8) is 0 Å². The third-order valence-electron chi connectivity index (χ3n) is 4.69. The predicted octanol–water partition coefficient (Wildman–Crippen LogP) is 1.88. The molecule has 0 aromatic rings. The molecule has 9 heteroatoms. The van der Waals surface area contributed by atoms with Gasteiger partial charge in [-0.1, -0.05) is 58.3 Å². The van der Waals surface area contributed by atoms with Gasteiger partial charge in [-0.2, -0.15) is 0 Å². The first kappa shape index (κ1) is 33.7. The van der Waals surface area contributed by atoms with E-state index >= 15 is 0 Å². The number of aliphatic carboxylic acids is 1. The normalized spacial score (nSPS) is 10.3. The van der Waals surface area contributed by atoms with Crippen LogP contribution >= 0.6 is 12.4 Å². The Morgan fingerprint density at radius 3 is 1.69 bits per heavy atom. The number of aliphatic hydroxyl groups is 2. The van der Waals surface area contributed by atoms with Crippen LogP contribution in [0.4, 0.5) is 0 Å². The van der Waals surface area contributed by atoms with E-state index in [0.29, 0.717) is 32.6 Å². The fourth-order valence-electron chi connectivity index (χ4n) is 3.08. The number of aliphatic hydroxyl groups excluding tert-OH is 2. The van der Waals surface area contributed by atoms with E-state index in [9.17, 15) is 9.59 Å². The first-order chi connectivity index (χ1) is 13.0. The molecule has 0 saturated carbocycles. The maximum absolute atomic E-state index is 12.4. The minimum absolute atomic E-state index is 0. The van der Waals surface area contributed by atoms with Gasteiger partial charge in [0.2, 0.25) is 5.91 Å². The zero-order chi connectivity index (χ0) is 20.3. The fourth-order valence-corrected chi connectivity index (χ4v) is 3.08. The van der Waals surface area contributed by atoms with Crippen molar-refractivity contribution < 1.29 is 24.9 Å². The van der Waals surface area contributed by atoms with Gasteiger partial charge in [0.25, 0.3) is 0 Å². The van der Waals surface area contributed by atoms with Gasteiger partial charge in [0.1, 0.15) is 6.54 Å². The third kappa shape index (κ3) is 21.1. The van der Waals surface area contributed by atoms with Crippen molar-refractivity contribution in [2.24, 2.45) is 0 Å². The van der Waals surface area contributed by atoms with Crippen LogP contribution in [0.5, 0.6) is 0 Å². The second-order valence-corrected chi connectivity index (χ2v) is 7.08. The van der Waals surface area contributed by atoms with Crippen molar-refractivity contribution in [2.45, 2.75) is 71.1 Å². The van der Waals surface area contributed by atoms with Crippen molar-refractivity contribution in [3.8, 4) is 0 Å². The van der Waals surface area contributed by atoms with E-state index in [-0.39, 0.29) is 67.6 Å². The van der Waals surface area contributed by atoms with E-state index in [2.05, 4.69) is 6.92 Å². The molecule has 0 rings (SSSR count). The first-order valence-corrected chi connectivity index (χ1v) is 10.5. The molecule has 0 heterocycles. The van der Waals surface area contributed by atoms with Gasteiger partial charge in [0.05, 0.1) is 13.2 Å². The molecule has 0 aromatic heterocycles. The summed E-state index contributed by atoms with van der Waals surface area (Å²) in [4.78, 5) is 26.6. The van der Waals surface area contributed by atoms with Crippen LogP contribution in [0.25, 0.3) is 0 Å². The Kier molecular flexibility index (Phi) is 28.4. The number of carboxylic acids is 1. The van der Waals surface area contributed by atoms with E-state index in [1.807, 2.05) is 4.90 Å². The zero-order valence-corrected chi connectivity index (χ0v) is 18.3. The van der Waals surface area contributed by atoms with Crippen molar-refractivity contribution in [3.05, 3.63) is 0 Å². The molecule has 0 bridgehead atoms. The number of amides is 1. The van der Waals surface area contributed by atoms with E-state index in [1.165, 1.54) is 43.4 Å². The summed E-state index contributed by atoms with van der Waals surface area (Å²) in [5, 5.41) is 27.1. The van der Waals surface area contributed by atoms with Gasteiger partial charge in [-0.25, -0.2) is 0 Å². The van der Waals surface area contributed by atoms with Gasteiger partial charge >= 0.3 is 35.5 Å². The SMILES string of the molecule is CCCCCCCCCCCC(=O)N(CCN(CCO)CCO)CC(=O)O.Cl.[NaH]. The summed E-state index contributed by atoms with van der Waals surface area (Å²) >= 11 is 0. The van der Waals surface area contributed by atoms with Crippen molar-refractivity contribution in [1.82, 2.24) is 9.80 Å². The van der Waals surface area contributed by atoms with Crippen molar-refractivity contribution >= 4 is 53.8 Å². The number of hydrogen-bond donors (Lipinski definition) is 3. The van der Waals surface area contributed by atoms with Gasteiger partial charge in [-0.3, -0.25) is 14.5 Å². The number of carbonyl (C=O) groups excluding carboxylic acids is 1. The Balaban J connectivity index is -0.00000338. The molecule has 1 amide bonds. The Morgan fingerprint density at radius 1 is 0.759 bits per heavy atom. The van der Waals surface area contributed by atoms with Gasteiger partial charge in [0.15, 0.2) is 0 Å². The zero-order valence-electron chi connectivity index (χ0n) is 17.5. The second-order valence-electron chi connectivity index (χ2n) is 7.08. The number of carbonyl (C=O) groups is 2. The maximum atomic E-state index is 12.4. The molecular formula is C20H42ClN2NaO5. The summed E-state index contributed by atoms with van der Waals surface area (Å²) in [5.74, 6) is -1.15. The summed E-state index contributed by atoms with van der Waals surface area (Å²) in [6.45, 7) is 3.36. The molecule has 0 aliphatic rings. The molecule has 170 valence electrons. The van der Waals surface area contributed by atoms with E-state index in [1.54, 1.807) is 0 Å². The summed E-state index contributed by atoms with van der Waals surface area (Å²) < 4.78 is 0. The molecular weight excluding hydrogens is 407 g/mol. The van der Waals surface area contributed by atoms with Crippen LogP contribution in [-0.2, 0) is 9.59 Å². The quantitative estimate of drug-likeness (QED) is 0.206. The third-order valence-corrected chi connectivity index (χ3v) is 4.69. The molecule has 0 fully saturated rings. The van der Waals surface area contributed by atoms with Gasteiger partial charge < -0.3 is 20.2 Å². The number of unbranched alkanes of at least 4 members (excludes halogenated alkanes) is 8. The molecule has 0 aliphatic carbocycles. The van der Waals surface area contributed by atoms with E-state index in [4.69, 9.17) is 15.3 Å². The van der Waals surface area contributed by atoms with Crippen molar-refractivity contribution in [2.75, 3.05) is 45.9 Å². The molecule has 0 saturated heterocycles. The second kappa shape index (κ2) is 24.4. The summed E-state index contributed by atoms with van der Waals surface area (Å²) in [7, 11) is 0. The molecule has 0 radical (unpaired) electrons. The monoisotopic (exact) mass is 448 g/mol. The van der Waals surface area contributed by atoms with Gasteiger partial charge in [-0.05, 0) is 6.42 Å². The summed E-state index contributed by atoms with van der Waals surface area (Å²) in [6, 6.07) is 0. The summed E-state index contributed by atoms with van der Waals surface area (Å²) in [5.41, 5.74) is 0. The number of nitrogens with zero attached hydrogens (tertiary/aromatic N) is 2. The van der Waals surface area contributed by atoms with Crippen LogP contribution in [-0.4, -0.2) is 112 Å². The topological polar surface area (TPSA) is 101 Å². The van der Waals surface area contributed by atoms with Crippen LogP contribution < -0.4 is 0 Å². The minimum atomic E-state index is -1.02. The van der Waals surface area contributed by atoms with Crippen molar-refractivity contribution in [1.29, 1.82) is 0 Å². The van der Waals surface area contributed by atoms with Crippen LogP contribution in [0.15, 0.2) is 0 Å². The van der Waals surface area contributed by atoms with Crippen LogP contribution in [0, 0.1) is 0 Å². The average Bonchev–Trinajstić information content (AvgIpc) is 2.63. The standard InChI is InChI=1S/C20H40N2O5.ClH.Na.H/c1-2-3-4-5-6-7-8-9-10-11-19(25)22(18-20(26)27)13-12-21(14-16-23)15-17-24;;;/h23-24H,2-18H2,1H3,(H,26,27);1H;;. The molecule has 0 aromatic carbocycles. The van der Waals surface area contributed by atoms with E-state index < -0.39 is 5.97 Å². The molecule has 0 spiro atoms. The molecule has 3 N–H and O–H groups in total. The molecule has 7 nitrogen and oxygen atoms in total. The summed E-state index contributed by atoms with van der Waals surface area (Å²) in [6.07, 6.45) is 10.9. The number of carboxylic acid groups (broad SMARTS) is 1. The molecule has 0 aliphatic heterocycles. The Labute approximate surface area is 204 Å². The van der Waals surface area contributed by atoms with Crippen LogP contribution in [0.3, 0.4) is 0 Å². The van der Waals surface area contributed by atoms with Crippen LogP contribution in [0.2, 0.25) is 0 Å². The van der Waals surface area contributed by atoms with Gasteiger partial charge in [0, 0.05) is 32.6 Å². The molecule has 0 unspecified atom stereocenters. The number of rotatable bonds is 19. The first-order valence-electron chi connectivity index (χ1n) is 10.5. The fraction of sp³-hybridized carbons (Fsp3) is 0.900. The predicted molar refractivity (Wildman–Crippen MR) is 121 cm³/mol. The number of halogens is 1. The van der Waals surface area contributed by atoms with Crippen LogP contribution in [0.1, 0.15) is 71.1 Å². The molecule has 0 atom stereocenters. The van der Waals surface area contributed by atoms with Gasteiger partial charge in [-0.15, -0.1) is 12.4 Å². The molecule has 29 heavy (non-hydrogen) atoms. The Hall–Kier alpha value is 0.110. The Morgan fingerprint density at radius 2 is 1.24 bits per heavy atom. The average molecular weight is 449 g/mol. The number of hydrogen-bond acceptors (Lipinski definition) is 5. The Bertz CT molecular complexity index is 386. The van der Waals surface area contributed by atoms with E-state index in [0.717, 1.165) is 19.3 Å².